The van der Waals surface area contributed by atoms with Crippen molar-refractivity contribution in [3.8, 4) is 5.75 Å². The molecular formula is C19H31ClN2O3. The fourth-order valence-corrected chi connectivity index (χ4v) is 2.96. The highest BCUT2D eigenvalue weighted by molar-refractivity contribution is 5.85. The normalized spacial score (nSPS) is 19.8. The van der Waals surface area contributed by atoms with Gasteiger partial charge >= 0.3 is 0 Å². The van der Waals surface area contributed by atoms with Gasteiger partial charge in [0.15, 0.2) is 0 Å². The predicted molar refractivity (Wildman–Crippen MR) is 103 cm³/mol. The maximum atomic E-state index is 12.0. The fourth-order valence-electron chi connectivity index (χ4n) is 2.96. The standard InChI is InChI=1S/C19H30N2O3.ClH/c1-15-14-17(9-11-20-15)21-19(22)4-3-12-24-18-7-5-16(6-8-18)10-13-23-2;/h5-8,15,17,20H,3-4,9-14H2,1-2H3,(H,21,22);1H. The third-order valence-corrected chi connectivity index (χ3v) is 4.32. The molecule has 1 fully saturated rings. The van der Waals surface area contributed by atoms with E-state index in [1.54, 1.807) is 7.11 Å². The number of piperidine rings is 1. The first-order valence-electron chi connectivity index (χ1n) is 8.91. The van der Waals surface area contributed by atoms with E-state index in [2.05, 4.69) is 29.7 Å². The van der Waals surface area contributed by atoms with Crippen LogP contribution in [0.25, 0.3) is 0 Å². The number of carbonyl (C=O) groups is 1. The maximum absolute atomic E-state index is 12.0. The molecule has 2 N–H and O–H groups in total. The third kappa shape index (κ3) is 8.56. The summed E-state index contributed by atoms with van der Waals surface area (Å²) in [5, 5.41) is 6.52. The number of nitrogens with one attached hydrogen (secondary N) is 2. The topological polar surface area (TPSA) is 59.6 Å². The second-order valence-electron chi connectivity index (χ2n) is 6.48. The number of methoxy groups -OCH3 is 1. The molecule has 6 heteroatoms. The Labute approximate surface area is 157 Å². The lowest BCUT2D eigenvalue weighted by Crippen LogP contribution is -2.46. The minimum atomic E-state index is 0. The minimum Gasteiger partial charge on any atom is -0.494 e. The second kappa shape index (κ2) is 12.1. The minimum absolute atomic E-state index is 0. The first-order chi connectivity index (χ1) is 11.7. The lowest BCUT2D eigenvalue weighted by Gasteiger charge is -2.28. The summed E-state index contributed by atoms with van der Waals surface area (Å²) in [4.78, 5) is 12.0. The van der Waals surface area contributed by atoms with Gasteiger partial charge in [-0.25, -0.2) is 0 Å². The highest BCUT2D eigenvalue weighted by Gasteiger charge is 2.19. The Hall–Kier alpha value is -1.30. The summed E-state index contributed by atoms with van der Waals surface area (Å²) < 4.78 is 10.8. The Morgan fingerprint density at radius 3 is 2.72 bits per heavy atom. The van der Waals surface area contributed by atoms with Crippen molar-refractivity contribution in [1.82, 2.24) is 10.6 Å². The highest BCUT2D eigenvalue weighted by Crippen LogP contribution is 2.13. The lowest BCUT2D eigenvalue weighted by molar-refractivity contribution is -0.122. The van der Waals surface area contributed by atoms with Gasteiger partial charge in [-0.3, -0.25) is 4.79 Å². The van der Waals surface area contributed by atoms with Crippen LogP contribution in [0.3, 0.4) is 0 Å². The summed E-state index contributed by atoms with van der Waals surface area (Å²) >= 11 is 0. The molecule has 0 bridgehead atoms. The van der Waals surface area contributed by atoms with Gasteiger partial charge in [0.25, 0.3) is 0 Å². The molecule has 142 valence electrons. The van der Waals surface area contributed by atoms with Crippen LogP contribution in [-0.4, -0.2) is 44.9 Å². The van der Waals surface area contributed by atoms with E-state index >= 15 is 0 Å². The molecule has 1 heterocycles. The first kappa shape index (κ1) is 21.7. The zero-order valence-electron chi connectivity index (χ0n) is 15.3. The zero-order valence-corrected chi connectivity index (χ0v) is 16.1. The van der Waals surface area contributed by atoms with Gasteiger partial charge in [-0.15, -0.1) is 12.4 Å². The van der Waals surface area contributed by atoms with Crippen molar-refractivity contribution in [1.29, 1.82) is 0 Å². The summed E-state index contributed by atoms with van der Waals surface area (Å²) in [5.74, 6) is 0.983. The number of hydrogen-bond donors (Lipinski definition) is 2. The van der Waals surface area contributed by atoms with Crippen molar-refractivity contribution in [2.24, 2.45) is 0 Å². The quantitative estimate of drug-likeness (QED) is 0.656. The van der Waals surface area contributed by atoms with E-state index in [4.69, 9.17) is 9.47 Å². The number of halogens is 1. The van der Waals surface area contributed by atoms with Crippen molar-refractivity contribution < 1.29 is 14.3 Å². The van der Waals surface area contributed by atoms with Crippen LogP contribution >= 0.6 is 12.4 Å². The van der Waals surface area contributed by atoms with Gasteiger partial charge in [-0.1, -0.05) is 12.1 Å². The van der Waals surface area contributed by atoms with Crippen molar-refractivity contribution in [3.05, 3.63) is 29.8 Å². The van der Waals surface area contributed by atoms with Gasteiger partial charge in [-0.05, 0) is 56.8 Å². The molecule has 0 aliphatic carbocycles. The van der Waals surface area contributed by atoms with E-state index in [9.17, 15) is 4.79 Å². The van der Waals surface area contributed by atoms with Crippen LogP contribution < -0.4 is 15.4 Å². The predicted octanol–water partition coefficient (Wildman–Crippen LogP) is 2.71. The van der Waals surface area contributed by atoms with Crippen LogP contribution in [0.2, 0.25) is 0 Å². The van der Waals surface area contributed by atoms with E-state index < -0.39 is 0 Å². The van der Waals surface area contributed by atoms with Gasteiger partial charge in [0.1, 0.15) is 5.75 Å². The molecule has 0 saturated carbocycles. The van der Waals surface area contributed by atoms with E-state index in [1.165, 1.54) is 5.56 Å². The molecule has 1 amide bonds. The average Bonchev–Trinajstić information content (AvgIpc) is 2.58. The fraction of sp³-hybridized carbons (Fsp3) is 0.632. The molecule has 2 rings (SSSR count). The summed E-state index contributed by atoms with van der Waals surface area (Å²) in [7, 11) is 1.71. The van der Waals surface area contributed by atoms with Crippen molar-refractivity contribution >= 4 is 18.3 Å². The van der Waals surface area contributed by atoms with Gasteiger partial charge in [0, 0.05) is 25.6 Å². The van der Waals surface area contributed by atoms with Crippen LogP contribution in [-0.2, 0) is 16.0 Å². The number of amides is 1. The summed E-state index contributed by atoms with van der Waals surface area (Å²) in [5.41, 5.74) is 1.24. The van der Waals surface area contributed by atoms with Crippen molar-refractivity contribution in [2.45, 2.75) is 51.1 Å². The zero-order chi connectivity index (χ0) is 17.2. The first-order valence-corrected chi connectivity index (χ1v) is 8.91. The van der Waals surface area contributed by atoms with Gasteiger partial charge < -0.3 is 20.1 Å². The molecule has 1 aromatic rings. The van der Waals surface area contributed by atoms with Crippen molar-refractivity contribution in [3.63, 3.8) is 0 Å². The highest BCUT2D eigenvalue weighted by atomic mass is 35.5. The molecule has 0 spiro atoms. The van der Waals surface area contributed by atoms with Crippen LogP contribution in [0.15, 0.2) is 24.3 Å². The van der Waals surface area contributed by atoms with Gasteiger partial charge in [0.2, 0.25) is 5.91 Å². The van der Waals surface area contributed by atoms with Crippen LogP contribution in [0.1, 0.15) is 38.2 Å². The van der Waals surface area contributed by atoms with E-state index in [1.807, 2.05) is 12.1 Å². The van der Waals surface area contributed by atoms with Crippen LogP contribution in [0, 0.1) is 0 Å². The average molecular weight is 371 g/mol. The van der Waals surface area contributed by atoms with E-state index in [0.29, 0.717) is 25.1 Å². The molecule has 1 aliphatic heterocycles. The second-order valence-corrected chi connectivity index (χ2v) is 6.48. The Morgan fingerprint density at radius 2 is 2.04 bits per heavy atom. The van der Waals surface area contributed by atoms with Crippen molar-refractivity contribution in [2.75, 3.05) is 26.9 Å². The number of carbonyl (C=O) groups excluding carboxylic acids is 1. The lowest BCUT2D eigenvalue weighted by atomic mass is 10.0. The molecule has 1 aliphatic rings. The molecular weight excluding hydrogens is 340 g/mol. The Kier molecular flexibility index (Phi) is 10.5. The summed E-state index contributed by atoms with van der Waals surface area (Å²) in [6, 6.07) is 8.86. The molecule has 1 saturated heterocycles. The summed E-state index contributed by atoms with van der Waals surface area (Å²) in [6.07, 6.45) is 4.19. The number of ether oxygens (including phenoxy) is 2. The van der Waals surface area contributed by atoms with Gasteiger partial charge in [0.05, 0.1) is 13.2 Å². The largest absolute Gasteiger partial charge is 0.494 e. The van der Waals surface area contributed by atoms with E-state index in [0.717, 1.165) is 44.6 Å². The molecule has 25 heavy (non-hydrogen) atoms. The summed E-state index contributed by atoms with van der Waals surface area (Å²) in [6.45, 7) is 4.43. The molecule has 0 radical (unpaired) electrons. The Balaban J connectivity index is 0.00000312. The molecule has 5 nitrogen and oxygen atoms in total. The number of benzene rings is 1. The SMILES string of the molecule is COCCc1ccc(OCCCC(=O)NC2CCNC(C)C2)cc1.Cl. The maximum Gasteiger partial charge on any atom is 0.220 e. The Morgan fingerprint density at radius 1 is 1.28 bits per heavy atom. The number of rotatable bonds is 9. The molecule has 2 atom stereocenters. The monoisotopic (exact) mass is 370 g/mol. The molecule has 2 unspecified atom stereocenters. The van der Waals surface area contributed by atoms with Crippen LogP contribution in [0.5, 0.6) is 5.75 Å². The van der Waals surface area contributed by atoms with Crippen LogP contribution in [0.4, 0.5) is 0 Å². The van der Waals surface area contributed by atoms with Gasteiger partial charge in [-0.2, -0.15) is 0 Å². The third-order valence-electron chi connectivity index (χ3n) is 4.32. The number of hydrogen-bond acceptors (Lipinski definition) is 4. The smallest absolute Gasteiger partial charge is 0.220 e. The Bertz CT molecular complexity index is 496. The molecule has 0 aromatic heterocycles. The molecule has 1 aromatic carbocycles. The van der Waals surface area contributed by atoms with E-state index in [-0.39, 0.29) is 18.3 Å².